The minimum Gasteiger partial charge on any atom is -0.376 e. The lowest BCUT2D eigenvalue weighted by Gasteiger charge is -2.17. The Morgan fingerprint density at radius 2 is 1.58 bits per heavy atom. The topological polar surface area (TPSA) is 85.2 Å². The average Bonchev–Trinajstić information content (AvgIpc) is 2.82. The van der Waals surface area contributed by atoms with E-state index in [1.54, 1.807) is 30.5 Å². The monoisotopic (exact) mass is 326 g/mol. The van der Waals surface area contributed by atoms with Crippen molar-refractivity contribution >= 4 is 23.2 Å². The number of rotatable bonds is 4. The van der Waals surface area contributed by atoms with E-state index in [4.69, 9.17) is 0 Å². The van der Waals surface area contributed by atoms with E-state index < -0.39 is 5.91 Å². The van der Waals surface area contributed by atoms with Gasteiger partial charge < -0.3 is 15.5 Å². The largest absolute Gasteiger partial charge is 0.376 e. The highest BCUT2D eigenvalue weighted by Crippen LogP contribution is 2.15. The number of nitrogens with one attached hydrogen (secondary N) is 2. The van der Waals surface area contributed by atoms with E-state index in [2.05, 4.69) is 10.6 Å². The standard InChI is InChI=1S/C18H22N4O2/c1-14(23)20-16-6-8-17(9-7-16)21-18(24)15(12-19)13-22-10-4-2-3-5-11-22/h6-9,13H,2-5,10-11H2,1H3,(H,20,23)(H,21,24)/b15-13-. The number of carbonyl (C=O) groups is 2. The number of hydrogen-bond acceptors (Lipinski definition) is 4. The van der Waals surface area contributed by atoms with Gasteiger partial charge in [-0.15, -0.1) is 0 Å². The van der Waals surface area contributed by atoms with Gasteiger partial charge in [0, 0.05) is 37.6 Å². The summed E-state index contributed by atoms with van der Waals surface area (Å²) in [5.74, 6) is -0.576. The third kappa shape index (κ3) is 5.43. The summed E-state index contributed by atoms with van der Waals surface area (Å²) in [6.07, 6.45) is 6.22. The Morgan fingerprint density at radius 1 is 1.04 bits per heavy atom. The summed E-state index contributed by atoms with van der Waals surface area (Å²) in [6.45, 7) is 3.19. The van der Waals surface area contributed by atoms with Crippen LogP contribution in [0.25, 0.3) is 0 Å². The number of benzene rings is 1. The minimum atomic E-state index is -0.422. The maximum absolute atomic E-state index is 12.3. The van der Waals surface area contributed by atoms with Gasteiger partial charge in [-0.05, 0) is 37.1 Å². The van der Waals surface area contributed by atoms with E-state index in [-0.39, 0.29) is 11.5 Å². The van der Waals surface area contributed by atoms with Gasteiger partial charge in [0.2, 0.25) is 5.91 Å². The normalized spacial score (nSPS) is 15.2. The summed E-state index contributed by atoms with van der Waals surface area (Å²) in [5, 5.41) is 14.6. The van der Waals surface area contributed by atoms with Crippen LogP contribution in [0.3, 0.4) is 0 Å². The first-order valence-corrected chi connectivity index (χ1v) is 8.13. The zero-order valence-electron chi connectivity index (χ0n) is 13.8. The third-order valence-electron chi connectivity index (χ3n) is 3.78. The van der Waals surface area contributed by atoms with Crippen LogP contribution in [0.4, 0.5) is 11.4 Å². The van der Waals surface area contributed by atoms with Crippen molar-refractivity contribution in [3.05, 3.63) is 36.0 Å². The molecule has 0 aliphatic carbocycles. The van der Waals surface area contributed by atoms with Gasteiger partial charge >= 0.3 is 0 Å². The van der Waals surface area contributed by atoms with Crippen LogP contribution in [0.2, 0.25) is 0 Å². The van der Waals surface area contributed by atoms with Crippen LogP contribution in [-0.4, -0.2) is 29.8 Å². The minimum absolute atomic E-state index is 0.0998. The summed E-state index contributed by atoms with van der Waals surface area (Å²) in [6, 6.07) is 8.74. The maximum atomic E-state index is 12.3. The van der Waals surface area contributed by atoms with Gasteiger partial charge in [-0.1, -0.05) is 12.8 Å². The van der Waals surface area contributed by atoms with Gasteiger partial charge in [0.25, 0.3) is 5.91 Å². The molecule has 0 spiro atoms. The van der Waals surface area contributed by atoms with Crippen LogP contribution in [0, 0.1) is 11.3 Å². The summed E-state index contributed by atoms with van der Waals surface area (Å²) in [4.78, 5) is 25.3. The van der Waals surface area contributed by atoms with Crippen molar-refractivity contribution in [3.8, 4) is 6.07 Å². The molecule has 2 amide bonds. The lowest BCUT2D eigenvalue weighted by molar-refractivity contribution is -0.114. The first-order chi connectivity index (χ1) is 11.6. The number of anilines is 2. The molecule has 0 unspecified atom stereocenters. The molecule has 1 saturated heterocycles. The summed E-state index contributed by atoms with van der Waals surface area (Å²) in [5.41, 5.74) is 1.33. The van der Waals surface area contributed by atoms with Gasteiger partial charge in [-0.2, -0.15) is 5.26 Å². The van der Waals surface area contributed by atoms with Crippen molar-refractivity contribution in [2.24, 2.45) is 0 Å². The van der Waals surface area contributed by atoms with E-state index in [0.29, 0.717) is 11.4 Å². The van der Waals surface area contributed by atoms with Crippen LogP contribution < -0.4 is 10.6 Å². The van der Waals surface area contributed by atoms with Crippen LogP contribution in [0.1, 0.15) is 32.6 Å². The van der Waals surface area contributed by atoms with Crippen LogP contribution in [0.15, 0.2) is 36.0 Å². The van der Waals surface area contributed by atoms with Crippen molar-refractivity contribution < 1.29 is 9.59 Å². The number of nitriles is 1. The molecule has 0 aromatic heterocycles. The molecular formula is C18H22N4O2. The van der Waals surface area contributed by atoms with E-state index >= 15 is 0 Å². The Bertz CT molecular complexity index is 651. The quantitative estimate of drug-likeness (QED) is 0.658. The molecular weight excluding hydrogens is 304 g/mol. The fraction of sp³-hybridized carbons (Fsp3) is 0.389. The number of likely N-dealkylation sites (tertiary alicyclic amines) is 1. The Kier molecular flexibility index (Phi) is 6.38. The van der Waals surface area contributed by atoms with E-state index in [1.807, 2.05) is 11.0 Å². The zero-order chi connectivity index (χ0) is 17.4. The Balaban J connectivity index is 2.00. The van der Waals surface area contributed by atoms with E-state index in [9.17, 15) is 14.9 Å². The van der Waals surface area contributed by atoms with Crippen molar-refractivity contribution in [1.29, 1.82) is 5.26 Å². The van der Waals surface area contributed by atoms with Crippen LogP contribution in [0.5, 0.6) is 0 Å². The van der Waals surface area contributed by atoms with E-state index in [1.165, 1.54) is 19.8 Å². The molecule has 0 atom stereocenters. The molecule has 1 fully saturated rings. The summed E-state index contributed by atoms with van der Waals surface area (Å²) >= 11 is 0. The average molecular weight is 326 g/mol. The first kappa shape index (κ1) is 17.5. The Hall–Kier alpha value is -2.81. The predicted molar refractivity (Wildman–Crippen MR) is 93.1 cm³/mol. The Labute approximate surface area is 142 Å². The van der Waals surface area contributed by atoms with E-state index in [0.717, 1.165) is 25.9 Å². The Morgan fingerprint density at radius 3 is 2.08 bits per heavy atom. The third-order valence-corrected chi connectivity index (χ3v) is 3.78. The van der Waals surface area contributed by atoms with Crippen molar-refractivity contribution in [2.75, 3.05) is 23.7 Å². The molecule has 1 heterocycles. The number of carbonyl (C=O) groups excluding carboxylic acids is 2. The van der Waals surface area contributed by atoms with Gasteiger partial charge in [0.1, 0.15) is 11.6 Å². The van der Waals surface area contributed by atoms with Gasteiger partial charge in [-0.25, -0.2) is 0 Å². The van der Waals surface area contributed by atoms with Crippen LogP contribution in [-0.2, 0) is 9.59 Å². The highest BCUT2D eigenvalue weighted by molar-refractivity contribution is 6.06. The molecule has 1 aliphatic rings. The number of hydrogen-bond donors (Lipinski definition) is 2. The van der Waals surface area contributed by atoms with Gasteiger partial charge in [-0.3, -0.25) is 9.59 Å². The lowest BCUT2D eigenvalue weighted by Crippen LogP contribution is -2.22. The molecule has 0 saturated carbocycles. The molecule has 1 aromatic carbocycles. The molecule has 2 rings (SSSR count). The lowest BCUT2D eigenvalue weighted by atomic mass is 10.2. The van der Waals surface area contributed by atoms with Crippen molar-refractivity contribution in [1.82, 2.24) is 4.90 Å². The zero-order valence-corrected chi connectivity index (χ0v) is 13.8. The maximum Gasteiger partial charge on any atom is 0.267 e. The van der Waals surface area contributed by atoms with Crippen LogP contribution >= 0.6 is 0 Å². The molecule has 1 aromatic rings. The summed E-state index contributed by atoms with van der Waals surface area (Å²) < 4.78 is 0. The molecule has 2 N–H and O–H groups in total. The second-order valence-electron chi connectivity index (χ2n) is 5.82. The molecule has 1 aliphatic heterocycles. The summed E-state index contributed by atoms with van der Waals surface area (Å²) in [7, 11) is 0. The SMILES string of the molecule is CC(=O)Nc1ccc(NC(=O)/C(C#N)=C\N2CCCCCC2)cc1. The highest BCUT2D eigenvalue weighted by Gasteiger charge is 2.13. The smallest absolute Gasteiger partial charge is 0.267 e. The van der Waals surface area contributed by atoms with Gasteiger partial charge in [0.15, 0.2) is 0 Å². The first-order valence-electron chi connectivity index (χ1n) is 8.13. The predicted octanol–water partition coefficient (Wildman–Crippen LogP) is 2.87. The second kappa shape index (κ2) is 8.73. The fourth-order valence-electron chi connectivity index (χ4n) is 2.58. The molecule has 6 nitrogen and oxygen atoms in total. The second-order valence-corrected chi connectivity index (χ2v) is 5.82. The number of nitrogens with zero attached hydrogens (tertiary/aromatic N) is 2. The molecule has 126 valence electrons. The van der Waals surface area contributed by atoms with Crippen molar-refractivity contribution in [2.45, 2.75) is 32.6 Å². The molecule has 0 bridgehead atoms. The molecule has 24 heavy (non-hydrogen) atoms. The van der Waals surface area contributed by atoms with Crippen molar-refractivity contribution in [3.63, 3.8) is 0 Å². The van der Waals surface area contributed by atoms with Gasteiger partial charge in [0.05, 0.1) is 0 Å². The molecule has 6 heteroatoms. The highest BCUT2D eigenvalue weighted by atomic mass is 16.2. The fourth-order valence-corrected chi connectivity index (χ4v) is 2.58. The number of amides is 2. The molecule has 0 radical (unpaired) electrons.